The maximum Gasteiger partial charge on any atom is 0.118 e. The highest BCUT2D eigenvalue weighted by atomic mass is 16.5. The molecule has 1 saturated carbocycles. The van der Waals surface area contributed by atoms with Gasteiger partial charge >= 0.3 is 0 Å². The number of nitrogens with two attached hydrogens (primary N) is 1. The topological polar surface area (TPSA) is 56.5 Å². The lowest BCUT2D eigenvalue weighted by Gasteiger charge is -2.46. The standard InChI is InChI=1S/C13H20N2O2/c1-16-11-6-4-10(5-7-11)12(15-14)13(17-2)8-3-9-13/h4-7,12,15H,3,8-9,14H2,1-2H3. The van der Waals surface area contributed by atoms with Gasteiger partial charge in [0.05, 0.1) is 18.8 Å². The summed E-state index contributed by atoms with van der Waals surface area (Å²) < 4.78 is 10.8. The Labute approximate surface area is 102 Å². The van der Waals surface area contributed by atoms with E-state index in [2.05, 4.69) is 5.43 Å². The molecular formula is C13H20N2O2. The Morgan fingerprint density at radius 1 is 1.24 bits per heavy atom. The van der Waals surface area contributed by atoms with Crippen LogP contribution in [0.15, 0.2) is 24.3 Å². The molecule has 1 aliphatic rings. The van der Waals surface area contributed by atoms with Crippen molar-refractivity contribution >= 4 is 0 Å². The number of methoxy groups -OCH3 is 2. The molecule has 1 unspecified atom stereocenters. The Hall–Kier alpha value is -1.10. The molecule has 2 rings (SSSR count). The predicted molar refractivity (Wildman–Crippen MR) is 66.6 cm³/mol. The summed E-state index contributed by atoms with van der Waals surface area (Å²) in [6.45, 7) is 0. The number of rotatable bonds is 5. The van der Waals surface area contributed by atoms with Gasteiger partial charge in [-0.2, -0.15) is 0 Å². The molecule has 0 bridgehead atoms. The summed E-state index contributed by atoms with van der Waals surface area (Å²) in [5.41, 5.74) is 3.87. The normalized spacial score (nSPS) is 19.5. The Morgan fingerprint density at radius 2 is 1.88 bits per heavy atom. The summed E-state index contributed by atoms with van der Waals surface area (Å²) in [7, 11) is 3.42. The zero-order chi connectivity index (χ0) is 12.3. The van der Waals surface area contributed by atoms with Crippen LogP contribution in [0.4, 0.5) is 0 Å². The van der Waals surface area contributed by atoms with Crippen LogP contribution in [-0.2, 0) is 4.74 Å². The number of hydrogen-bond acceptors (Lipinski definition) is 4. The quantitative estimate of drug-likeness (QED) is 0.604. The number of benzene rings is 1. The van der Waals surface area contributed by atoms with Gasteiger partial charge in [-0.15, -0.1) is 0 Å². The SMILES string of the molecule is COc1ccc(C(NN)C2(OC)CCC2)cc1. The van der Waals surface area contributed by atoms with Crippen LogP contribution in [0, 0.1) is 0 Å². The van der Waals surface area contributed by atoms with Crippen LogP contribution in [0.2, 0.25) is 0 Å². The molecule has 0 aromatic heterocycles. The van der Waals surface area contributed by atoms with E-state index < -0.39 is 0 Å². The molecule has 1 aromatic rings. The average molecular weight is 236 g/mol. The molecule has 0 heterocycles. The van der Waals surface area contributed by atoms with Crippen molar-refractivity contribution in [3.05, 3.63) is 29.8 Å². The van der Waals surface area contributed by atoms with Crippen molar-refractivity contribution in [3.63, 3.8) is 0 Å². The van der Waals surface area contributed by atoms with Crippen molar-refractivity contribution in [3.8, 4) is 5.75 Å². The fraction of sp³-hybridized carbons (Fsp3) is 0.538. The molecular weight excluding hydrogens is 216 g/mol. The van der Waals surface area contributed by atoms with Crippen LogP contribution in [-0.4, -0.2) is 19.8 Å². The van der Waals surface area contributed by atoms with Gasteiger partial charge in [0, 0.05) is 7.11 Å². The van der Waals surface area contributed by atoms with Gasteiger partial charge in [-0.05, 0) is 37.0 Å². The highest BCUT2D eigenvalue weighted by molar-refractivity contribution is 5.31. The van der Waals surface area contributed by atoms with Crippen LogP contribution in [0.5, 0.6) is 5.75 Å². The van der Waals surface area contributed by atoms with Crippen molar-refractivity contribution in [2.24, 2.45) is 5.84 Å². The number of hydrogen-bond donors (Lipinski definition) is 2. The molecule has 94 valence electrons. The highest BCUT2D eigenvalue weighted by Crippen LogP contribution is 2.44. The van der Waals surface area contributed by atoms with Crippen LogP contribution >= 0.6 is 0 Å². The molecule has 0 radical (unpaired) electrons. The molecule has 1 aliphatic carbocycles. The minimum atomic E-state index is -0.149. The molecule has 1 aromatic carbocycles. The van der Waals surface area contributed by atoms with Crippen molar-refractivity contribution in [2.75, 3.05) is 14.2 Å². The van der Waals surface area contributed by atoms with Crippen LogP contribution in [0.1, 0.15) is 30.9 Å². The Morgan fingerprint density at radius 3 is 2.24 bits per heavy atom. The molecule has 1 fully saturated rings. The summed E-state index contributed by atoms with van der Waals surface area (Å²) in [6, 6.07) is 7.99. The van der Waals surface area contributed by atoms with E-state index >= 15 is 0 Å². The lowest BCUT2D eigenvalue weighted by molar-refractivity contribution is -0.0999. The maximum absolute atomic E-state index is 5.69. The largest absolute Gasteiger partial charge is 0.497 e. The van der Waals surface area contributed by atoms with Gasteiger partial charge in [-0.3, -0.25) is 11.3 Å². The summed E-state index contributed by atoms with van der Waals surface area (Å²) in [6.07, 6.45) is 3.29. The van der Waals surface area contributed by atoms with E-state index in [0.717, 1.165) is 24.2 Å². The summed E-state index contributed by atoms with van der Waals surface area (Å²) >= 11 is 0. The van der Waals surface area contributed by atoms with Gasteiger partial charge in [0.1, 0.15) is 5.75 Å². The number of nitrogens with one attached hydrogen (secondary N) is 1. The van der Waals surface area contributed by atoms with E-state index in [4.69, 9.17) is 15.3 Å². The van der Waals surface area contributed by atoms with E-state index in [-0.39, 0.29) is 11.6 Å². The minimum Gasteiger partial charge on any atom is -0.497 e. The van der Waals surface area contributed by atoms with Gasteiger partial charge in [0.25, 0.3) is 0 Å². The van der Waals surface area contributed by atoms with Crippen LogP contribution < -0.4 is 16.0 Å². The molecule has 0 saturated heterocycles. The monoisotopic (exact) mass is 236 g/mol. The third kappa shape index (κ3) is 2.16. The average Bonchev–Trinajstić information content (AvgIpc) is 2.34. The molecule has 1 atom stereocenters. The van der Waals surface area contributed by atoms with E-state index in [1.54, 1.807) is 14.2 Å². The molecule has 17 heavy (non-hydrogen) atoms. The molecule has 0 aliphatic heterocycles. The van der Waals surface area contributed by atoms with Gasteiger partial charge in [0.15, 0.2) is 0 Å². The summed E-state index contributed by atoms with van der Waals surface area (Å²) in [5, 5.41) is 0. The second-order valence-electron chi connectivity index (χ2n) is 4.50. The fourth-order valence-corrected chi connectivity index (χ4v) is 2.48. The van der Waals surface area contributed by atoms with E-state index in [0.29, 0.717) is 0 Å². The Bertz CT molecular complexity index is 355. The first kappa shape index (κ1) is 12.4. The second-order valence-corrected chi connectivity index (χ2v) is 4.50. The zero-order valence-electron chi connectivity index (χ0n) is 10.4. The van der Waals surface area contributed by atoms with Crippen molar-refractivity contribution < 1.29 is 9.47 Å². The Balaban J connectivity index is 2.22. The first-order valence-electron chi connectivity index (χ1n) is 5.91. The first-order valence-corrected chi connectivity index (χ1v) is 5.91. The van der Waals surface area contributed by atoms with Crippen molar-refractivity contribution in [2.45, 2.75) is 30.9 Å². The van der Waals surface area contributed by atoms with E-state index in [1.807, 2.05) is 24.3 Å². The van der Waals surface area contributed by atoms with Gasteiger partial charge in [0.2, 0.25) is 0 Å². The van der Waals surface area contributed by atoms with E-state index in [1.165, 1.54) is 6.42 Å². The molecule has 0 spiro atoms. The number of hydrazine groups is 1. The second kappa shape index (κ2) is 5.04. The molecule has 4 nitrogen and oxygen atoms in total. The smallest absolute Gasteiger partial charge is 0.118 e. The zero-order valence-corrected chi connectivity index (χ0v) is 10.4. The lowest BCUT2D eigenvalue weighted by atomic mass is 9.72. The third-order valence-corrected chi connectivity index (χ3v) is 3.75. The highest BCUT2D eigenvalue weighted by Gasteiger charge is 2.44. The predicted octanol–water partition coefficient (Wildman–Crippen LogP) is 1.77. The third-order valence-electron chi connectivity index (χ3n) is 3.75. The molecule has 4 heteroatoms. The van der Waals surface area contributed by atoms with Gasteiger partial charge in [-0.1, -0.05) is 12.1 Å². The summed E-state index contributed by atoms with van der Waals surface area (Å²) in [5.74, 6) is 6.54. The fourth-order valence-electron chi connectivity index (χ4n) is 2.48. The van der Waals surface area contributed by atoms with Gasteiger partial charge in [-0.25, -0.2) is 0 Å². The van der Waals surface area contributed by atoms with Crippen molar-refractivity contribution in [1.29, 1.82) is 0 Å². The summed E-state index contributed by atoms with van der Waals surface area (Å²) in [4.78, 5) is 0. The Kier molecular flexibility index (Phi) is 3.66. The maximum atomic E-state index is 5.69. The van der Waals surface area contributed by atoms with Gasteiger partial charge < -0.3 is 9.47 Å². The number of ether oxygens (including phenoxy) is 2. The minimum absolute atomic E-state index is 0.0344. The van der Waals surface area contributed by atoms with Crippen LogP contribution in [0.3, 0.4) is 0 Å². The van der Waals surface area contributed by atoms with Crippen molar-refractivity contribution in [1.82, 2.24) is 5.43 Å². The van der Waals surface area contributed by atoms with Crippen LogP contribution in [0.25, 0.3) is 0 Å². The first-order chi connectivity index (χ1) is 8.25. The lowest BCUT2D eigenvalue weighted by Crippen LogP contribution is -2.52. The van der Waals surface area contributed by atoms with E-state index in [9.17, 15) is 0 Å². The molecule has 0 amide bonds. The molecule has 3 N–H and O–H groups in total.